The third-order valence-corrected chi connectivity index (χ3v) is 4.44. The first-order chi connectivity index (χ1) is 11.7. The summed E-state index contributed by atoms with van der Waals surface area (Å²) >= 11 is 1.53. The number of carbonyl (C=O) groups excluding carboxylic acids is 1. The van der Waals surface area contributed by atoms with Crippen LogP contribution >= 0.6 is 11.3 Å². The van der Waals surface area contributed by atoms with Crippen LogP contribution in [0.5, 0.6) is 0 Å². The van der Waals surface area contributed by atoms with E-state index in [2.05, 4.69) is 15.3 Å². The zero-order chi connectivity index (χ0) is 16.8. The number of pyridine rings is 1. The average molecular weight is 341 g/mol. The minimum absolute atomic E-state index is 0.112. The summed E-state index contributed by atoms with van der Waals surface area (Å²) in [6.45, 7) is 0.200. The highest BCUT2D eigenvalue weighted by molar-refractivity contribution is 7.09. The summed E-state index contributed by atoms with van der Waals surface area (Å²) in [7, 11) is 0. The largest absolute Gasteiger partial charge is 0.352 e. The Balaban J connectivity index is 1.50. The fourth-order valence-electron chi connectivity index (χ4n) is 2.23. The van der Waals surface area contributed by atoms with E-state index in [1.54, 1.807) is 30.6 Å². The van der Waals surface area contributed by atoms with E-state index in [9.17, 15) is 9.18 Å². The van der Waals surface area contributed by atoms with Gasteiger partial charge < -0.3 is 5.32 Å². The number of nitrogens with one attached hydrogen (secondary N) is 1. The van der Waals surface area contributed by atoms with Crippen LogP contribution in [0.1, 0.15) is 17.0 Å². The fraction of sp³-hybridized carbons (Fsp3) is 0.167. The van der Waals surface area contributed by atoms with Gasteiger partial charge in [-0.1, -0.05) is 18.2 Å². The van der Waals surface area contributed by atoms with Gasteiger partial charge in [0.05, 0.1) is 10.7 Å². The number of carbonyl (C=O) groups is 1. The van der Waals surface area contributed by atoms with Gasteiger partial charge in [0, 0.05) is 48.3 Å². The van der Waals surface area contributed by atoms with Crippen LogP contribution in [-0.2, 0) is 17.8 Å². The Hall–Kier alpha value is -2.60. The molecule has 6 heteroatoms. The summed E-state index contributed by atoms with van der Waals surface area (Å²) < 4.78 is 13.5. The van der Waals surface area contributed by atoms with Crippen molar-refractivity contribution < 1.29 is 9.18 Å². The average Bonchev–Trinajstić information content (AvgIpc) is 3.09. The molecule has 0 saturated carbocycles. The molecule has 0 saturated heterocycles. The lowest BCUT2D eigenvalue weighted by atomic mass is 10.2. The van der Waals surface area contributed by atoms with E-state index in [0.29, 0.717) is 18.4 Å². The van der Waals surface area contributed by atoms with Gasteiger partial charge in [-0.2, -0.15) is 0 Å². The highest BCUT2D eigenvalue weighted by Crippen LogP contribution is 2.21. The molecule has 1 amide bonds. The van der Waals surface area contributed by atoms with Crippen molar-refractivity contribution >= 4 is 17.2 Å². The van der Waals surface area contributed by atoms with Crippen molar-refractivity contribution in [1.29, 1.82) is 0 Å². The number of hydrogen-bond donors (Lipinski definition) is 1. The Bertz CT molecular complexity index is 820. The van der Waals surface area contributed by atoms with Gasteiger partial charge in [0.15, 0.2) is 0 Å². The van der Waals surface area contributed by atoms with E-state index in [4.69, 9.17) is 0 Å². The van der Waals surface area contributed by atoms with Gasteiger partial charge in [0.25, 0.3) is 0 Å². The molecule has 122 valence electrons. The molecule has 3 rings (SSSR count). The van der Waals surface area contributed by atoms with E-state index >= 15 is 0 Å². The molecule has 0 atom stereocenters. The molecule has 0 fully saturated rings. The molecule has 4 nitrogen and oxygen atoms in total. The summed E-state index contributed by atoms with van der Waals surface area (Å²) in [5.41, 5.74) is 2.39. The Morgan fingerprint density at radius 1 is 1.17 bits per heavy atom. The quantitative estimate of drug-likeness (QED) is 0.745. The molecule has 2 aromatic heterocycles. The maximum Gasteiger partial charge on any atom is 0.220 e. The van der Waals surface area contributed by atoms with Gasteiger partial charge in [-0.15, -0.1) is 11.3 Å². The molecule has 0 unspecified atom stereocenters. The van der Waals surface area contributed by atoms with Crippen molar-refractivity contribution in [3.05, 3.63) is 70.6 Å². The van der Waals surface area contributed by atoms with Gasteiger partial charge in [-0.25, -0.2) is 9.37 Å². The van der Waals surface area contributed by atoms with Crippen LogP contribution in [0.25, 0.3) is 11.3 Å². The highest BCUT2D eigenvalue weighted by atomic mass is 32.1. The molecule has 0 aliphatic rings. The first-order valence-electron chi connectivity index (χ1n) is 7.57. The number of thiazole rings is 1. The van der Waals surface area contributed by atoms with Crippen molar-refractivity contribution in [3.8, 4) is 11.3 Å². The summed E-state index contributed by atoms with van der Waals surface area (Å²) in [6, 6.07) is 10.2. The van der Waals surface area contributed by atoms with Crippen LogP contribution < -0.4 is 5.32 Å². The molecule has 0 aliphatic heterocycles. The zero-order valence-corrected chi connectivity index (χ0v) is 13.7. The molecule has 24 heavy (non-hydrogen) atoms. The maximum atomic E-state index is 13.5. The standard InChI is InChI=1S/C18H16FN3OS/c19-15-4-2-1-3-14(15)11-21-17(23)5-6-18-22-16(12-24-18)13-7-9-20-10-8-13/h1-4,7-10,12H,5-6,11H2,(H,21,23). The maximum absolute atomic E-state index is 13.5. The number of aromatic nitrogens is 2. The smallest absolute Gasteiger partial charge is 0.220 e. The first-order valence-corrected chi connectivity index (χ1v) is 8.45. The topological polar surface area (TPSA) is 54.9 Å². The van der Waals surface area contributed by atoms with E-state index < -0.39 is 0 Å². The zero-order valence-electron chi connectivity index (χ0n) is 12.9. The van der Waals surface area contributed by atoms with Crippen LogP contribution in [0.2, 0.25) is 0 Å². The van der Waals surface area contributed by atoms with Crippen LogP contribution in [0.4, 0.5) is 4.39 Å². The minimum atomic E-state index is -0.306. The fourth-order valence-corrected chi connectivity index (χ4v) is 3.03. The van der Waals surface area contributed by atoms with Crippen molar-refractivity contribution in [2.24, 2.45) is 0 Å². The number of hydrogen-bond acceptors (Lipinski definition) is 4. The Morgan fingerprint density at radius 3 is 2.75 bits per heavy atom. The lowest BCUT2D eigenvalue weighted by Gasteiger charge is -2.05. The van der Waals surface area contributed by atoms with Gasteiger partial charge >= 0.3 is 0 Å². The predicted molar refractivity (Wildman–Crippen MR) is 91.9 cm³/mol. The van der Waals surface area contributed by atoms with E-state index in [-0.39, 0.29) is 18.3 Å². The molecular weight excluding hydrogens is 325 g/mol. The predicted octanol–water partition coefficient (Wildman–Crippen LogP) is 3.59. The van der Waals surface area contributed by atoms with Crippen LogP contribution in [0, 0.1) is 5.82 Å². The Morgan fingerprint density at radius 2 is 1.96 bits per heavy atom. The van der Waals surface area contributed by atoms with Crippen LogP contribution in [0.3, 0.4) is 0 Å². The minimum Gasteiger partial charge on any atom is -0.352 e. The second-order valence-corrected chi connectivity index (χ2v) is 6.17. The third kappa shape index (κ3) is 4.23. The number of benzene rings is 1. The SMILES string of the molecule is O=C(CCc1nc(-c2ccncc2)cs1)NCc1ccccc1F. The van der Waals surface area contributed by atoms with E-state index in [0.717, 1.165) is 16.3 Å². The summed E-state index contributed by atoms with van der Waals surface area (Å²) in [5, 5.41) is 5.62. The molecule has 2 heterocycles. The van der Waals surface area contributed by atoms with E-state index in [1.807, 2.05) is 17.5 Å². The Labute approximate surface area is 143 Å². The molecule has 0 spiro atoms. The molecule has 0 radical (unpaired) electrons. The third-order valence-electron chi connectivity index (χ3n) is 3.53. The molecule has 3 aromatic rings. The second-order valence-electron chi connectivity index (χ2n) is 5.23. The van der Waals surface area contributed by atoms with Gasteiger partial charge in [-0.3, -0.25) is 9.78 Å². The molecule has 0 bridgehead atoms. The normalized spacial score (nSPS) is 10.5. The summed E-state index contributed by atoms with van der Waals surface area (Å²) in [6.07, 6.45) is 4.35. The number of rotatable bonds is 6. The van der Waals surface area contributed by atoms with Crippen molar-refractivity contribution in [3.63, 3.8) is 0 Å². The summed E-state index contributed by atoms with van der Waals surface area (Å²) in [4.78, 5) is 20.4. The molecular formula is C18H16FN3OS. The molecule has 1 aromatic carbocycles. The molecule has 0 aliphatic carbocycles. The monoisotopic (exact) mass is 341 g/mol. The van der Waals surface area contributed by atoms with Gasteiger partial charge in [0.2, 0.25) is 5.91 Å². The molecule has 1 N–H and O–H groups in total. The van der Waals surface area contributed by atoms with Crippen molar-refractivity contribution in [2.75, 3.05) is 0 Å². The van der Waals surface area contributed by atoms with Crippen molar-refractivity contribution in [2.45, 2.75) is 19.4 Å². The lowest BCUT2D eigenvalue weighted by Crippen LogP contribution is -2.23. The van der Waals surface area contributed by atoms with Crippen molar-refractivity contribution in [1.82, 2.24) is 15.3 Å². The summed E-state index contributed by atoms with van der Waals surface area (Å²) in [5.74, 6) is -0.418. The van der Waals surface area contributed by atoms with Crippen LogP contribution in [-0.4, -0.2) is 15.9 Å². The first kappa shape index (κ1) is 16.3. The number of amides is 1. The Kier molecular flexibility index (Phi) is 5.28. The number of aryl methyl sites for hydroxylation is 1. The highest BCUT2D eigenvalue weighted by Gasteiger charge is 2.08. The van der Waals surface area contributed by atoms with E-state index in [1.165, 1.54) is 17.4 Å². The van der Waals surface area contributed by atoms with Crippen LogP contribution in [0.15, 0.2) is 54.2 Å². The van der Waals surface area contributed by atoms with Gasteiger partial charge in [-0.05, 0) is 18.2 Å². The second kappa shape index (κ2) is 7.79. The number of nitrogens with zero attached hydrogens (tertiary/aromatic N) is 2. The number of halogens is 1. The lowest BCUT2D eigenvalue weighted by molar-refractivity contribution is -0.121. The van der Waals surface area contributed by atoms with Gasteiger partial charge in [0.1, 0.15) is 5.82 Å².